The number of hydrogen-bond acceptors (Lipinski definition) is 7. The van der Waals surface area contributed by atoms with Crippen LogP contribution in [0.15, 0.2) is 17.1 Å². The summed E-state index contributed by atoms with van der Waals surface area (Å²) in [5.41, 5.74) is 3.65. The van der Waals surface area contributed by atoms with Gasteiger partial charge in [0.1, 0.15) is 0 Å². The van der Waals surface area contributed by atoms with Crippen LogP contribution >= 0.6 is 0 Å². The molecule has 8 heteroatoms. The number of benzene rings is 2. The molecule has 0 saturated carbocycles. The Balaban J connectivity index is 2.32. The third kappa shape index (κ3) is 4.43. The van der Waals surface area contributed by atoms with Crippen molar-refractivity contribution < 1.29 is 28.1 Å². The number of rotatable bonds is 8. The van der Waals surface area contributed by atoms with Gasteiger partial charge in [-0.25, -0.2) is 0 Å². The van der Waals surface area contributed by atoms with Crippen molar-refractivity contribution in [1.29, 1.82) is 0 Å². The molecule has 1 heterocycles. The lowest BCUT2D eigenvalue weighted by atomic mass is 9.90. The average Bonchev–Trinajstić information content (AvgIpc) is 2.81. The predicted molar refractivity (Wildman–Crippen MR) is 139 cm³/mol. The fourth-order valence-corrected chi connectivity index (χ4v) is 4.91. The van der Waals surface area contributed by atoms with Gasteiger partial charge in [0.15, 0.2) is 28.7 Å². The molecule has 0 fully saturated rings. The fourth-order valence-electron chi connectivity index (χ4n) is 3.89. The molecule has 1 aliphatic heterocycles. The minimum absolute atomic E-state index is 0.0177. The second-order valence-corrected chi connectivity index (χ2v) is 14.4. The van der Waals surface area contributed by atoms with E-state index < -0.39 is 8.32 Å². The van der Waals surface area contributed by atoms with Crippen molar-refractivity contribution in [2.45, 2.75) is 45.3 Å². The first-order valence-electron chi connectivity index (χ1n) is 11.3. The van der Waals surface area contributed by atoms with Crippen LogP contribution < -0.4 is 28.1 Å². The van der Waals surface area contributed by atoms with Crippen molar-refractivity contribution in [3.63, 3.8) is 0 Å². The third-order valence-corrected chi connectivity index (χ3v) is 11.1. The lowest BCUT2D eigenvalue weighted by molar-refractivity contribution is 0.323. The molecule has 2 aromatic rings. The van der Waals surface area contributed by atoms with E-state index in [1.807, 2.05) is 18.3 Å². The van der Waals surface area contributed by atoms with E-state index in [0.717, 1.165) is 28.7 Å². The van der Waals surface area contributed by atoms with Gasteiger partial charge in [0.2, 0.25) is 5.75 Å². The number of ether oxygens (including phenoxy) is 5. The van der Waals surface area contributed by atoms with Gasteiger partial charge in [0.05, 0.1) is 35.5 Å². The molecule has 0 atom stereocenters. The van der Waals surface area contributed by atoms with Crippen molar-refractivity contribution >= 4 is 14.5 Å². The summed E-state index contributed by atoms with van der Waals surface area (Å²) in [5.74, 6) is 3.58. The Bertz CT molecular complexity index is 1060. The SMILES string of the molecule is COc1cc(-c2c3c(c(OC)c(OC)c2OC)CCN=C3)cc(OC)c1O[Si](C)(C)C(C)(C)C. The molecular formula is C26H37NO6Si. The zero-order valence-corrected chi connectivity index (χ0v) is 23.0. The molecule has 0 aliphatic carbocycles. The maximum Gasteiger partial charge on any atom is 0.250 e. The highest BCUT2D eigenvalue weighted by atomic mass is 28.4. The second-order valence-electron chi connectivity index (χ2n) is 9.72. The highest BCUT2D eigenvalue weighted by Crippen LogP contribution is 2.53. The smallest absolute Gasteiger partial charge is 0.250 e. The van der Waals surface area contributed by atoms with Gasteiger partial charge in [-0.15, -0.1) is 0 Å². The average molecular weight is 488 g/mol. The quantitative estimate of drug-likeness (QED) is 0.441. The summed E-state index contributed by atoms with van der Waals surface area (Å²) < 4.78 is 35.6. The van der Waals surface area contributed by atoms with Gasteiger partial charge in [-0.05, 0) is 42.2 Å². The molecule has 0 bridgehead atoms. The molecular weight excluding hydrogens is 450 g/mol. The highest BCUT2D eigenvalue weighted by molar-refractivity contribution is 6.74. The largest absolute Gasteiger partial charge is 0.539 e. The molecule has 2 aromatic carbocycles. The van der Waals surface area contributed by atoms with Crippen LogP contribution in [0.3, 0.4) is 0 Å². The second kappa shape index (κ2) is 9.78. The summed E-state index contributed by atoms with van der Waals surface area (Å²) in [6, 6.07) is 3.91. The summed E-state index contributed by atoms with van der Waals surface area (Å²) in [7, 11) is 6.01. The predicted octanol–water partition coefficient (Wildman–Crippen LogP) is 5.76. The van der Waals surface area contributed by atoms with Gasteiger partial charge < -0.3 is 28.1 Å². The molecule has 0 radical (unpaired) electrons. The van der Waals surface area contributed by atoms with E-state index >= 15 is 0 Å². The fraction of sp³-hybridized carbons (Fsp3) is 0.500. The van der Waals surface area contributed by atoms with Crippen LogP contribution in [0.5, 0.6) is 34.5 Å². The number of fused-ring (bicyclic) bond motifs is 1. The van der Waals surface area contributed by atoms with Crippen LogP contribution in [-0.2, 0) is 6.42 Å². The van der Waals surface area contributed by atoms with Crippen molar-refractivity contribution in [1.82, 2.24) is 0 Å². The number of aliphatic imine (C=N–C) groups is 1. The third-order valence-electron chi connectivity index (χ3n) is 6.74. The molecule has 1 aliphatic rings. The zero-order valence-electron chi connectivity index (χ0n) is 22.0. The molecule has 186 valence electrons. The molecule has 0 amide bonds. The monoisotopic (exact) mass is 487 g/mol. The molecule has 34 heavy (non-hydrogen) atoms. The Morgan fingerprint density at radius 2 is 1.32 bits per heavy atom. The topological polar surface area (TPSA) is 67.7 Å². The lowest BCUT2D eigenvalue weighted by Crippen LogP contribution is -2.44. The van der Waals surface area contributed by atoms with Crippen molar-refractivity contribution in [3.8, 4) is 45.6 Å². The molecule has 0 saturated heterocycles. The van der Waals surface area contributed by atoms with Gasteiger partial charge >= 0.3 is 0 Å². The van der Waals surface area contributed by atoms with Crippen LogP contribution in [0, 0.1) is 0 Å². The molecule has 0 aromatic heterocycles. The van der Waals surface area contributed by atoms with Gasteiger partial charge in [0, 0.05) is 29.4 Å². The molecule has 0 spiro atoms. The first-order valence-corrected chi connectivity index (χ1v) is 14.2. The van der Waals surface area contributed by atoms with Crippen LogP contribution in [0.25, 0.3) is 11.1 Å². The van der Waals surface area contributed by atoms with Crippen LogP contribution in [0.2, 0.25) is 18.1 Å². The van der Waals surface area contributed by atoms with E-state index in [1.54, 1.807) is 35.5 Å². The first-order chi connectivity index (χ1) is 16.0. The van der Waals surface area contributed by atoms with Crippen molar-refractivity contribution in [2.75, 3.05) is 42.1 Å². The first kappa shape index (κ1) is 25.7. The Morgan fingerprint density at radius 1 is 0.765 bits per heavy atom. The van der Waals surface area contributed by atoms with Gasteiger partial charge in [0.25, 0.3) is 8.32 Å². The minimum Gasteiger partial charge on any atom is -0.539 e. The van der Waals surface area contributed by atoms with Crippen LogP contribution in [0.4, 0.5) is 0 Å². The van der Waals surface area contributed by atoms with Gasteiger partial charge in [-0.1, -0.05) is 20.8 Å². The van der Waals surface area contributed by atoms with Crippen molar-refractivity contribution in [2.24, 2.45) is 4.99 Å². The standard InChI is InChI=1S/C26H37NO6Si/c1-26(2,3)34(9,10)33-23-19(28-4)13-16(14-20(23)29-5)21-18-15-27-12-11-17(18)22(30-6)25(32-8)24(21)31-7/h13-15H,11-12H2,1-10H3. The summed E-state index contributed by atoms with van der Waals surface area (Å²) in [6.07, 6.45) is 2.61. The van der Waals surface area contributed by atoms with E-state index in [9.17, 15) is 0 Å². The van der Waals surface area contributed by atoms with E-state index in [2.05, 4.69) is 38.9 Å². The summed E-state index contributed by atoms with van der Waals surface area (Å²) in [4.78, 5) is 4.53. The molecule has 0 N–H and O–H groups in total. The molecule has 7 nitrogen and oxygen atoms in total. The van der Waals surface area contributed by atoms with Gasteiger partial charge in [-0.2, -0.15) is 0 Å². The van der Waals surface area contributed by atoms with Crippen LogP contribution in [-0.4, -0.2) is 56.6 Å². The summed E-state index contributed by atoms with van der Waals surface area (Å²) in [5, 5.41) is 0.0177. The lowest BCUT2D eigenvalue weighted by Gasteiger charge is -2.37. The molecule has 3 rings (SSSR count). The van der Waals surface area contributed by atoms with E-state index in [1.165, 1.54) is 0 Å². The van der Waals surface area contributed by atoms with E-state index in [4.69, 9.17) is 28.1 Å². The Morgan fingerprint density at radius 3 is 1.79 bits per heavy atom. The summed E-state index contributed by atoms with van der Waals surface area (Å²) in [6.45, 7) is 11.7. The number of methoxy groups -OCH3 is 5. The maximum absolute atomic E-state index is 6.64. The zero-order chi connectivity index (χ0) is 25.3. The highest BCUT2D eigenvalue weighted by Gasteiger charge is 2.40. The Labute approximate surface area is 204 Å². The maximum atomic E-state index is 6.64. The summed E-state index contributed by atoms with van der Waals surface area (Å²) >= 11 is 0. The number of nitrogens with zero attached hydrogens (tertiary/aromatic N) is 1. The van der Waals surface area contributed by atoms with E-state index in [-0.39, 0.29) is 5.04 Å². The Kier molecular flexibility index (Phi) is 7.40. The van der Waals surface area contributed by atoms with E-state index in [0.29, 0.717) is 41.0 Å². The molecule has 0 unspecified atom stereocenters. The van der Waals surface area contributed by atoms with Crippen LogP contribution in [0.1, 0.15) is 31.9 Å². The minimum atomic E-state index is -2.15. The van der Waals surface area contributed by atoms with Gasteiger partial charge in [-0.3, -0.25) is 4.99 Å². The Hall–Kier alpha value is -2.87. The normalized spacial score (nSPS) is 13.2. The number of hydrogen-bond donors (Lipinski definition) is 0. The van der Waals surface area contributed by atoms with Crippen molar-refractivity contribution in [3.05, 3.63) is 23.3 Å².